The molecule has 0 aliphatic carbocycles. The molecule has 0 saturated carbocycles. The Kier molecular flexibility index (Phi) is 27.7. The number of aliphatic hydroxyl groups excluding tert-OH is 1. The van der Waals surface area contributed by atoms with E-state index in [1.807, 2.05) is 0 Å². The fourth-order valence-electron chi connectivity index (χ4n) is 0.212. The van der Waals surface area contributed by atoms with Crippen LogP contribution in [0.3, 0.4) is 0 Å². The summed E-state index contributed by atoms with van der Waals surface area (Å²) < 4.78 is 9.36. The van der Waals surface area contributed by atoms with E-state index in [-0.39, 0.29) is 27.4 Å². The van der Waals surface area contributed by atoms with Gasteiger partial charge in [-0.1, -0.05) is 0 Å². The van der Waals surface area contributed by atoms with Crippen molar-refractivity contribution in [1.82, 2.24) is 0 Å². The molecule has 0 bridgehead atoms. The number of rotatable bonds is 3. The van der Waals surface area contributed by atoms with Gasteiger partial charge in [0.15, 0.2) is 0 Å². The molecule has 0 aromatic heterocycles. The van der Waals surface area contributed by atoms with Crippen LogP contribution in [0.5, 0.6) is 0 Å². The fraction of sp³-hybridized carbons (Fsp3) is 0.750. The van der Waals surface area contributed by atoms with Crippen molar-refractivity contribution >= 4 is 15.2 Å². The number of aliphatic hydroxyl groups is 1. The van der Waals surface area contributed by atoms with Crippen molar-refractivity contribution in [1.29, 1.82) is 0 Å². The van der Waals surface area contributed by atoms with E-state index in [1.165, 1.54) is 14.2 Å². The minimum Gasteiger partial charge on any atom is -0.545 e. The van der Waals surface area contributed by atoms with Gasteiger partial charge >= 0.3 is 0 Å². The molecule has 0 heterocycles. The standard InChI is InChI=1S/C3H9O3P.CHO.W/c1-5-7(3-4)6-2;1-2;/h4H,3H2,1-2H3;1H;/q;-1;/p+1. The minimum absolute atomic E-state index is 0. The number of carbonyl (C=O) groups excluding carboxylic acids is 1. The third-order valence-corrected chi connectivity index (χ3v) is 1.75. The van der Waals surface area contributed by atoms with Gasteiger partial charge in [0.1, 0.15) is 0 Å². The Balaban J connectivity index is -0.000000149. The maximum Gasteiger partial charge on any atom is 0.287 e. The van der Waals surface area contributed by atoms with E-state index in [2.05, 4.69) is 15.8 Å². The smallest absolute Gasteiger partial charge is 0.287 e. The normalized spacial score (nSPS) is 7.60. The average Bonchev–Trinajstić information content (AvgIpc) is 1.96. The van der Waals surface area contributed by atoms with Crippen molar-refractivity contribution in [3.05, 3.63) is 0 Å². The van der Waals surface area contributed by atoms with Crippen LogP contribution in [0.25, 0.3) is 0 Å². The van der Waals surface area contributed by atoms with Gasteiger partial charge in [0.25, 0.3) is 8.38 Å². The first-order chi connectivity index (χ1) is 4.35. The van der Waals surface area contributed by atoms with Crippen LogP contribution in [0, 0.1) is 0 Å². The molecule has 1 N–H and O–H groups in total. The van der Waals surface area contributed by atoms with E-state index in [9.17, 15) is 0 Å². The van der Waals surface area contributed by atoms with Gasteiger partial charge in [0.2, 0.25) is 6.35 Å². The number of hydrogen-bond acceptors (Lipinski definition) is 4. The van der Waals surface area contributed by atoms with Gasteiger partial charge in [-0.15, -0.1) is 0 Å². The maximum atomic E-state index is 8.32. The van der Waals surface area contributed by atoms with Crippen LogP contribution in [0.2, 0.25) is 0 Å². The van der Waals surface area contributed by atoms with Crippen molar-refractivity contribution in [2.45, 2.75) is 0 Å². The molecule has 10 heavy (non-hydrogen) atoms. The zero-order valence-electron chi connectivity index (χ0n) is 5.86. The van der Waals surface area contributed by atoms with E-state index >= 15 is 0 Å². The first-order valence-corrected chi connectivity index (χ1v) is 3.65. The second kappa shape index (κ2) is 16.3. The van der Waals surface area contributed by atoms with Gasteiger partial charge in [-0.05, 0) is 0 Å². The van der Waals surface area contributed by atoms with Crippen LogP contribution >= 0.6 is 8.38 Å². The van der Waals surface area contributed by atoms with Gasteiger partial charge < -0.3 is 9.90 Å². The van der Waals surface area contributed by atoms with Crippen molar-refractivity contribution in [3.8, 4) is 0 Å². The van der Waals surface area contributed by atoms with E-state index in [0.717, 1.165) is 0 Å². The van der Waals surface area contributed by atoms with E-state index in [1.54, 1.807) is 0 Å². The second-order valence-electron chi connectivity index (χ2n) is 0.938. The zero-order valence-corrected chi connectivity index (χ0v) is 9.80. The molecule has 0 aliphatic rings. The van der Waals surface area contributed by atoms with Gasteiger partial charge in [0.05, 0.1) is 14.2 Å². The molecule has 0 amide bonds. The molecule has 0 atom stereocenters. The Labute approximate surface area is 76.1 Å². The average molecular weight is 338 g/mol. The van der Waals surface area contributed by atoms with Crippen molar-refractivity contribution in [3.63, 3.8) is 0 Å². The first-order valence-electron chi connectivity index (χ1n) is 2.13. The summed E-state index contributed by atoms with van der Waals surface area (Å²) in [6.45, 7) is 3.25. The first kappa shape index (κ1) is 17.0. The van der Waals surface area contributed by atoms with Crippen LogP contribution in [-0.4, -0.2) is 32.5 Å². The van der Waals surface area contributed by atoms with E-state index < -0.39 is 8.38 Å². The number of hydrogen-bond donors (Lipinski definition) is 1. The van der Waals surface area contributed by atoms with Gasteiger partial charge in [-0.3, -0.25) is 6.79 Å². The van der Waals surface area contributed by atoms with Crippen molar-refractivity contribution in [2.75, 3.05) is 20.6 Å². The fourth-order valence-corrected chi connectivity index (χ4v) is 0.637. The Hall–Kier alpha value is 0.668. The van der Waals surface area contributed by atoms with Gasteiger partial charge in [-0.25, -0.2) is 9.05 Å². The van der Waals surface area contributed by atoms with Crippen molar-refractivity contribution in [2.24, 2.45) is 0 Å². The maximum absolute atomic E-state index is 8.32. The van der Waals surface area contributed by atoms with Crippen LogP contribution in [0.4, 0.5) is 0 Å². The Morgan fingerprint density at radius 3 is 1.70 bits per heavy atom. The third kappa shape index (κ3) is 11.5. The molecule has 0 aliphatic heterocycles. The molecular formula is C4H11O4PW. The predicted octanol–water partition coefficient (Wildman–Crippen LogP) is -0.00340. The van der Waals surface area contributed by atoms with Gasteiger partial charge in [-0.2, -0.15) is 0 Å². The Morgan fingerprint density at radius 2 is 1.70 bits per heavy atom. The molecule has 0 rings (SSSR count). The largest absolute Gasteiger partial charge is 0.545 e. The summed E-state index contributed by atoms with van der Waals surface area (Å²) in [5.74, 6) is 0. The Bertz CT molecular complexity index is 47.0. The second-order valence-corrected chi connectivity index (χ2v) is 2.82. The summed E-state index contributed by atoms with van der Waals surface area (Å²) in [5.41, 5.74) is 0. The summed E-state index contributed by atoms with van der Waals surface area (Å²) in [6, 6.07) is 0. The monoisotopic (exact) mass is 338 g/mol. The van der Waals surface area contributed by atoms with E-state index in [0.29, 0.717) is 0 Å². The van der Waals surface area contributed by atoms with Crippen molar-refractivity contribution < 1.29 is 40.0 Å². The molecule has 0 fully saturated rings. The third-order valence-electron chi connectivity index (χ3n) is 0.584. The summed E-state index contributed by atoms with van der Waals surface area (Å²) >= 11 is 0. The van der Waals surface area contributed by atoms with Crippen LogP contribution < -0.4 is 0 Å². The van der Waals surface area contributed by atoms with Crippen LogP contribution in [0.1, 0.15) is 0 Å². The Morgan fingerprint density at radius 1 is 1.40 bits per heavy atom. The topological polar surface area (TPSA) is 55.8 Å². The molecule has 6 heteroatoms. The van der Waals surface area contributed by atoms with Crippen LogP contribution in [0.15, 0.2) is 0 Å². The molecule has 0 aromatic rings. The molecule has 0 aromatic carbocycles. The summed E-state index contributed by atoms with van der Waals surface area (Å²) in [6.07, 6.45) is 0.0116. The summed E-state index contributed by atoms with van der Waals surface area (Å²) in [5, 5.41) is 8.32. The predicted molar refractivity (Wildman–Crippen MR) is 36.2 cm³/mol. The quantitative estimate of drug-likeness (QED) is 0.447. The molecule has 0 spiro atoms. The molecule has 62 valence electrons. The summed E-state index contributed by atoms with van der Waals surface area (Å²) in [7, 11) is 1.74. The molecular weight excluding hydrogens is 327 g/mol. The molecule has 0 unspecified atom stereocenters. The summed E-state index contributed by atoms with van der Waals surface area (Å²) in [4.78, 5) is 7.75. The molecule has 4 nitrogen and oxygen atoms in total. The van der Waals surface area contributed by atoms with Gasteiger partial charge in [0, 0.05) is 21.1 Å². The molecule has 0 radical (unpaired) electrons. The zero-order chi connectivity index (χ0) is 7.70. The SMILES string of the molecule is CO[PH+](CO)OC.[CH-]=O.[W]. The van der Waals surface area contributed by atoms with Crippen LogP contribution in [-0.2, 0) is 34.9 Å². The molecule has 0 saturated heterocycles. The minimum atomic E-state index is -1.31. The van der Waals surface area contributed by atoms with E-state index in [4.69, 9.17) is 9.90 Å².